The first kappa shape index (κ1) is 14.6. The molecule has 0 saturated carbocycles. The fourth-order valence-corrected chi connectivity index (χ4v) is 2.76. The van der Waals surface area contributed by atoms with Gasteiger partial charge in [-0.1, -0.05) is 36.4 Å². The predicted molar refractivity (Wildman–Crippen MR) is 91.6 cm³/mol. The van der Waals surface area contributed by atoms with Gasteiger partial charge in [-0.15, -0.1) is 0 Å². The highest BCUT2D eigenvalue weighted by atomic mass is 15.3. The number of fused-ring (bicyclic) bond motifs is 1. The number of pyridine rings is 1. The second kappa shape index (κ2) is 5.88. The molecule has 0 bridgehead atoms. The van der Waals surface area contributed by atoms with Crippen molar-refractivity contribution in [3.8, 4) is 11.4 Å². The predicted octanol–water partition coefficient (Wildman–Crippen LogP) is 2.62. The van der Waals surface area contributed by atoms with Crippen LogP contribution in [0.2, 0.25) is 0 Å². The van der Waals surface area contributed by atoms with E-state index in [0.717, 1.165) is 47.1 Å². The monoisotopic (exact) mass is 318 g/mol. The first-order valence-electron chi connectivity index (χ1n) is 7.97. The molecule has 0 aliphatic heterocycles. The lowest BCUT2D eigenvalue weighted by atomic mass is 10.2. The van der Waals surface area contributed by atoms with Gasteiger partial charge in [0.2, 0.25) is 0 Å². The van der Waals surface area contributed by atoms with Crippen molar-refractivity contribution >= 4 is 5.65 Å². The van der Waals surface area contributed by atoms with Crippen LogP contribution in [0.3, 0.4) is 0 Å². The van der Waals surface area contributed by atoms with Gasteiger partial charge in [-0.05, 0) is 18.6 Å². The number of rotatable bonds is 4. The van der Waals surface area contributed by atoms with Crippen molar-refractivity contribution in [1.29, 1.82) is 0 Å². The Morgan fingerprint density at radius 3 is 2.54 bits per heavy atom. The van der Waals surface area contributed by atoms with Crippen LogP contribution in [0.15, 0.2) is 48.7 Å². The molecule has 0 N–H and O–H groups in total. The molecule has 0 aliphatic rings. The number of aromatic nitrogens is 6. The summed E-state index contributed by atoms with van der Waals surface area (Å²) in [6.07, 6.45) is 3.42. The van der Waals surface area contributed by atoms with Crippen molar-refractivity contribution in [1.82, 2.24) is 29.4 Å². The topological polar surface area (TPSA) is 60.9 Å². The largest absolute Gasteiger partial charge is 0.253 e. The van der Waals surface area contributed by atoms with Gasteiger partial charge in [0, 0.05) is 31.6 Å². The summed E-state index contributed by atoms with van der Waals surface area (Å²) in [7, 11) is 1.93. The van der Waals surface area contributed by atoms with Crippen LogP contribution in [0.25, 0.3) is 17.0 Å². The van der Waals surface area contributed by atoms with Crippen LogP contribution in [0.5, 0.6) is 0 Å². The van der Waals surface area contributed by atoms with Crippen molar-refractivity contribution in [3.05, 3.63) is 65.9 Å². The lowest BCUT2D eigenvalue weighted by molar-refractivity contribution is 0.683. The maximum atomic E-state index is 4.66. The fraction of sp³-hybridized carbons (Fsp3) is 0.222. The van der Waals surface area contributed by atoms with Crippen LogP contribution in [0.1, 0.15) is 17.2 Å². The third-order valence-corrected chi connectivity index (χ3v) is 4.06. The molecule has 24 heavy (non-hydrogen) atoms. The second-order valence-electron chi connectivity index (χ2n) is 5.83. The summed E-state index contributed by atoms with van der Waals surface area (Å²) in [5, 5.41) is 9.04. The van der Waals surface area contributed by atoms with Crippen LogP contribution in [0, 0.1) is 6.92 Å². The summed E-state index contributed by atoms with van der Waals surface area (Å²) in [4.78, 5) is 9.27. The minimum absolute atomic E-state index is 0.738. The van der Waals surface area contributed by atoms with E-state index in [4.69, 9.17) is 0 Å². The molecule has 0 atom stereocenters. The minimum atomic E-state index is 0.738. The highest BCUT2D eigenvalue weighted by Gasteiger charge is 2.11. The lowest BCUT2D eigenvalue weighted by Crippen LogP contribution is -2.02. The normalized spacial score (nSPS) is 11.2. The quantitative estimate of drug-likeness (QED) is 0.580. The maximum Gasteiger partial charge on any atom is 0.181 e. The molecule has 0 amide bonds. The first-order chi connectivity index (χ1) is 11.7. The van der Waals surface area contributed by atoms with E-state index in [9.17, 15) is 0 Å². The zero-order valence-electron chi connectivity index (χ0n) is 13.7. The summed E-state index contributed by atoms with van der Waals surface area (Å²) < 4.78 is 3.67. The Hall–Kier alpha value is -3.02. The van der Waals surface area contributed by atoms with E-state index >= 15 is 0 Å². The van der Waals surface area contributed by atoms with Crippen LogP contribution in [-0.2, 0) is 19.9 Å². The van der Waals surface area contributed by atoms with Crippen molar-refractivity contribution in [3.63, 3.8) is 0 Å². The summed E-state index contributed by atoms with van der Waals surface area (Å²) in [6.45, 7) is 2.04. The molecule has 6 heteroatoms. The first-order valence-corrected chi connectivity index (χ1v) is 7.97. The molecular formula is C18H18N6. The smallest absolute Gasteiger partial charge is 0.181 e. The molecule has 0 fully saturated rings. The Kier molecular flexibility index (Phi) is 3.57. The van der Waals surface area contributed by atoms with Crippen molar-refractivity contribution in [2.75, 3.05) is 0 Å². The van der Waals surface area contributed by atoms with Crippen molar-refractivity contribution in [2.45, 2.75) is 19.8 Å². The van der Waals surface area contributed by atoms with E-state index in [2.05, 4.69) is 20.2 Å². The summed E-state index contributed by atoms with van der Waals surface area (Å²) in [5.41, 5.74) is 3.07. The zero-order chi connectivity index (χ0) is 16.5. The standard InChI is InChI=1S/C18H18N6/c1-13-7-6-12-24-18(13)19-15(21-24)10-11-16-20-17(22-23(16)2)14-8-4-3-5-9-14/h3-9,12H,10-11H2,1-2H3. The molecule has 120 valence electrons. The highest BCUT2D eigenvalue weighted by molar-refractivity contribution is 5.54. The molecule has 0 saturated heterocycles. The van der Waals surface area contributed by atoms with Gasteiger partial charge in [-0.2, -0.15) is 10.2 Å². The molecule has 0 spiro atoms. The van der Waals surface area contributed by atoms with E-state index in [-0.39, 0.29) is 0 Å². The molecule has 4 rings (SSSR count). The van der Waals surface area contributed by atoms with Gasteiger partial charge in [0.1, 0.15) is 5.82 Å². The van der Waals surface area contributed by atoms with E-state index in [1.807, 2.05) is 71.8 Å². The van der Waals surface area contributed by atoms with Gasteiger partial charge < -0.3 is 0 Å². The number of aryl methyl sites for hydroxylation is 4. The minimum Gasteiger partial charge on any atom is -0.253 e. The van der Waals surface area contributed by atoms with Gasteiger partial charge in [-0.25, -0.2) is 14.5 Å². The molecular weight excluding hydrogens is 300 g/mol. The van der Waals surface area contributed by atoms with Gasteiger partial charge in [0.25, 0.3) is 0 Å². The number of benzene rings is 1. The summed E-state index contributed by atoms with van der Waals surface area (Å²) >= 11 is 0. The van der Waals surface area contributed by atoms with Gasteiger partial charge in [-0.3, -0.25) is 4.68 Å². The Balaban J connectivity index is 1.55. The van der Waals surface area contributed by atoms with Crippen LogP contribution >= 0.6 is 0 Å². The van der Waals surface area contributed by atoms with E-state index in [1.54, 1.807) is 0 Å². The van der Waals surface area contributed by atoms with E-state index in [1.165, 1.54) is 0 Å². The van der Waals surface area contributed by atoms with Gasteiger partial charge in [0.05, 0.1) is 0 Å². The average Bonchev–Trinajstić information content (AvgIpc) is 3.18. The number of nitrogens with zero attached hydrogens (tertiary/aromatic N) is 6. The molecule has 0 radical (unpaired) electrons. The number of hydrogen-bond donors (Lipinski definition) is 0. The highest BCUT2D eigenvalue weighted by Crippen LogP contribution is 2.15. The lowest BCUT2D eigenvalue weighted by Gasteiger charge is -1.96. The van der Waals surface area contributed by atoms with Crippen LogP contribution < -0.4 is 0 Å². The number of hydrogen-bond acceptors (Lipinski definition) is 4. The van der Waals surface area contributed by atoms with E-state index < -0.39 is 0 Å². The van der Waals surface area contributed by atoms with Crippen LogP contribution in [-0.4, -0.2) is 29.4 Å². The zero-order valence-corrected chi connectivity index (χ0v) is 13.7. The Morgan fingerprint density at radius 1 is 0.917 bits per heavy atom. The average molecular weight is 318 g/mol. The SMILES string of the molecule is Cc1cccn2nc(CCc3nc(-c4ccccc4)nn3C)nc12. The summed E-state index contributed by atoms with van der Waals surface area (Å²) in [5.74, 6) is 2.52. The molecule has 0 aliphatic carbocycles. The third-order valence-electron chi connectivity index (χ3n) is 4.06. The fourth-order valence-electron chi connectivity index (χ4n) is 2.76. The molecule has 0 unspecified atom stereocenters. The van der Waals surface area contributed by atoms with Crippen LogP contribution in [0.4, 0.5) is 0 Å². The summed E-state index contributed by atoms with van der Waals surface area (Å²) in [6, 6.07) is 14.0. The Morgan fingerprint density at radius 2 is 1.75 bits per heavy atom. The molecule has 3 aromatic heterocycles. The van der Waals surface area contributed by atoms with Gasteiger partial charge >= 0.3 is 0 Å². The Bertz CT molecular complexity index is 983. The maximum absolute atomic E-state index is 4.66. The van der Waals surface area contributed by atoms with Gasteiger partial charge in [0.15, 0.2) is 17.3 Å². The second-order valence-corrected chi connectivity index (χ2v) is 5.83. The molecule has 1 aromatic carbocycles. The third kappa shape index (κ3) is 2.67. The molecule has 4 aromatic rings. The van der Waals surface area contributed by atoms with Crippen molar-refractivity contribution < 1.29 is 0 Å². The van der Waals surface area contributed by atoms with E-state index in [0.29, 0.717) is 0 Å². The van der Waals surface area contributed by atoms with Crippen molar-refractivity contribution in [2.24, 2.45) is 7.05 Å². The Labute approximate surface area is 139 Å². The molecule has 3 heterocycles. The molecule has 6 nitrogen and oxygen atoms in total.